The molecule has 1 N–H and O–H groups in total. The molecule has 2 unspecified atom stereocenters. The Balaban J connectivity index is 1.89. The molecule has 0 aliphatic carbocycles. The first kappa shape index (κ1) is 11.4. The molecule has 88 valence electrons. The third kappa shape index (κ3) is 2.52. The number of ether oxygens (including phenoxy) is 1. The van der Waals surface area contributed by atoms with Gasteiger partial charge in [0.1, 0.15) is 0 Å². The van der Waals surface area contributed by atoms with Gasteiger partial charge in [0.2, 0.25) is 0 Å². The van der Waals surface area contributed by atoms with Crippen molar-refractivity contribution in [1.29, 1.82) is 0 Å². The monoisotopic (exact) mass is 212 g/mol. The molecule has 0 saturated carbocycles. The number of hydrogen-bond acceptors (Lipinski definition) is 3. The lowest BCUT2D eigenvalue weighted by Gasteiger charge is -2.43. The predicted molar refractivity (Wildman–Crippen MR) is 62.0 cm³/mol. The number of nitrogens with zero attached hydrogens (tertiary/aromatic N) is 1. The van der Waals surface area contributed by atoms with E-state index in [4.69, 9.17) is 4.74 Å². The van der Waals surface area contributed by atoms with Crippen LogP contribution in [-0.4, -0.2) is 49.8 Å². The summed E-state index contributed by atoms with van der Waals surface area (Å²) in [5.41, 5.74) is 0. The van der Waals surface area contributed by atoms with E-state index in [0.717, 1.165) is 25.2 Å². The van der Waals surface area contributed by atoms with E-state index in [1.165, 1.54) is 32.5 Å². The zero-order valence-electron chi connectivity index (χ0n) is 10.0. The van der Waals surface area contributed by atoms with E-state index in [9.17, 15) is 0 Å². The van der Waals surface area contributed by atoms with Crippen molar-refractivity contribution >= 4 is 0 Å². The van der Waals surface area contributed by atoms with E-state index >= 15 is 0 Å². The maximum atomic E-state index is 5.50. The maximum absolute atomic E-state index is 5.50. The van der Waals surface area contributed by atoms with Gasteiger partial charge in [0.15, 0.2) is 0 Å². The predicted octanol–water partition coefficient (Wildman–Crippen LogP) is 1.10. The van der Waals surface area contributed by atoms with Crippen LogP contribution in [0.15, 0.2) is 0 Å². The van der Waals surface area contributed by atoms with Crippen LogP contribution in [0.5, 0.6) is 0 Å². The molecule has 0 amide bonds. The minimum Gasteiger partial charge on any atom is -0.381 e. The van der Waals surface area contributed by atoms with E-state index in [-0.39, 0.29) is 0 Å². The smallest absolute Gasteiger partial charge is 0.0509 e. The zero-order valence-corrected chi connectivity index (χ0v) is 10.0. The van der Waals surface area contributed by atoms with E-state index in [1.54, 1.807) is 0 Å². The van der Waals surface area contributed by atoms with Crippen LogP contribution in [0.1, 0.15) is 26.7 Å². The second-order valence-electron chi connectivity index (χ2n) is 4.91. The molecule has 0 radical (unpaired) electrons. The average Bonchev–Trinajstić information content (AvgIpc) is 2.66. The average molecular weight is 212 g/mol. The molecule has 0 aromatic heterocycles. The summed E-state index contributed by atoms with van der Waals surface area (Å²) in [6.07, 6.45) is 2.51. The van der Waals surface area contributed by atoms with E-state index in [2.05, 4.69) is 24.1 Å². The number of hydrogen-bond donors (Lipinski definition) is 1. The summed E-state index contributed by atoms with van der Waals surface area (Å²) in [5.74, 6) is 0.761. The summed E-state index contributed by atoms with van der Waals surface area (Å²) in [7, 11) is 0. The van der Waals surface area contributed by atoms with Crippen molar-refractivity contribution in [3.8, 4) is 0 Å². The van der Waals surface area contributed by atoms with Crippen molar-refractivity contribution in [1.82, 2.24) is 10.2 Å². The molecule has 2 fully saturated rings. The van der Waals surface area contributed by atoms with Gasteiger partial charge in [-0.1, -0.05) is 6.92 Å². The molecule has 0 aromatic carbocycles. The lowest BCUT2D eigenvalue weighted by atomic mass is 9.96. The SMILES string of the molecule is CCCN(C1CNC1)C(C)C1CCOC1. The van der Waals surface area contributed by atoms with Crippen LogP contribution in [0.3, 0.4) is 0 Å². The molecule has 2 saturated heterocycles. The standard InChI is InChI=1S/C12H24N2O/c1-3-5-14(12-7-13-8-12)10(2)11-4-6-15-9-11/h10-13H,3-9H2,1-2H3. The Bertz CT molecular complexity index is 188. The molecule has 2 rings (SSSR count). The first-order chi connectivity index (χ1) is 7.33. The fraction of sp³-hybridized carbons (Fsp3) is 1.00. The topological polar surface area (TPSA) is 24.5 Å². The Kier molecular flexibility index (Phi) is 4.00. The Morgan fingerprint density at radius 2 is 2.27 bits per heavy atom. The van der Waals surface area contributed by atoms with E-state index < -0.39 is 0 Å². The van der Waals surface area contributed by atoms with Gasteiger partial charge in [-0.05, 0) is 32.2 Å². The molecule has 0 spiro atoms. The Labute approximate surface area is 93.2 Å². The first-order valence-corrected chi connectivity index (χ1v) is 6.37. The molecular formula is C12H24N2O. The number of rotatable bonds is 5. The Hall–Kier alpha value is -0.120. The Morgan fingerprint density at radius 1 is 1.47 bits per heavy atom. The lowest BCUT2D eigenvalue weighted by molar-refractivity contribution is 0.0648. The molecular weight excluding hydrogens is 188 g/mol. The molecule has 15 heavy (non-hydrogen) atoms. The third-order valence-corrected chi connectivity index (χ3v) is 3.88. The van der Waals surface area contributed by atoms with Crippen LogP contribution in [-0.2, 0) is 4.74 Å². The summed E-state index contributed by atoms with van der Waals surface area (Å²) in [4.78, 5) is 2.69. The van der Waals surface area contributed by atoms with Crippen LogP contribution >= 0.6 is 0 Å². The van der Waals surface area contributed by atoms with Gasteiger partial charge in [-0.3, -0.25) is 4.90 Å². The largest absolute Gasteiger partial charge is 0.381 e. The van der Waals surface area contributed by atoms with Crippen molar-refractivity contribution in [3.63, 3.8) is 0 Å². The maximum Gasteiger partial charge on any atom is 0.0509 e. The van der Waals surface area contributed by atoms with Gasteiger partial charge in [-0.25, -0.2) is 0 Å². The van der Waals surface area contributed by atoms with Gasteiger partial charge >= 0.3 is 0 Å². The van der Waals surface area contributed by atoms with Gasteiger partial charge in [0.25, 0.3) is 0 Å². The van der Waals surface area contributed by atoms with Gasteiger partial charge in [0.05, 0.1) is 6.61 Å². The zero-order chi connectivity index (χ0) is 10.7. The van der Waals surface area contributed by atoms with E-state index in [1.807, 2.05) is 0 Å². The van der Waals surface area contributed by atoms with Crippen LogP contribution in [0.4, 0.5) is 0 Å². The number of nitrogens with one attached hydrogen (secondary N) is 1. The van der Waals surface area contributed by atoms with Gasteiger partial charge in [0, 0.05) is 31.8 Å². The van der Waals surface area contributed by atoms with Crippen LogP contribution in [0.25, 0.3) is 0 Å². The van der Waals surface area contributed by atoms with E-state index in [0.29, 0.717) is 6.04 Å². The lowest BCUT2D eigenvalue weighted by Crippen LogP contribution is -2.60. The van der Waals surface area contributed by atoms with Crippen molar-refractivity contribution in [2.24, 2.45) is 5.92 Å². The Morgan fingerprint density at radius 3 is 2.73 bits per heavy atom. The van der Waals surface area contributed by atoms with Gasteiger partial charge in [-0.2, -0.15) is 0 Å². The molecule has 2 aliphatic heterocycles. The fourth-order valence-corrected chi connectivity index (χ4v) is 2.69. The highest BCUT2D eigenvalue weighted by molar-refractivity contribution is 4.89. The molecule has 2 aliphatic rings. The summed E-state index contributed by atoms with van der Waals surface area (Å²) in [5, 5.41) is 3.37. The van der Waals surface area contributed by atoms with Gasteiger partial charge < -0.3 is 10.1 Å². The first-order valence-electron chi connectivity index (χ1n) is 6.37. The molecule has 0 bridgehead atoms. The third-order valence-electron chi connectivity index (χ3n) is 3.88. The summed E-state index contributed by atoms with van der Waals surface area (Å²) < 4.78 is 5.50. The normalized spacial score (nSPS) is 29.4. The van der Waals surface area contributed by atoms with Crippen LogP contribution in [0, 0.1) is 5.92 Å². The molecule has 2 atom stereocenters. The molecule has 3 nitrogen and oxygen atoms in total. The molecule has 2 heterocycles. The second-order valence-corrected chi connectivity index (χ2v) is 4.91. The minimum atomic E-state index is 0.694. The van der Waals surface area contributed by atoms with Crippen molar-refractivity contribution in [3.05, 3.63) is 0 Å². The van der Waals surface area contributed by atoms with Gasteiger partial charge in [-0.15, -0.1) is 0 Å². The second kappa shape index (κ2) is 5.28. The minimum absolute atomic E-state index is 0.694. The highest BCUT2D eigenvalue weighted by Crippen LogP contribution is 2.23. The summed E-state index contributed by atoms with van der Waals surface area (Å²) >= 11 is 0. The van der Waals surface area contributed by atoms with Crippen molar-refractivity contribution in [2.75, 3.05) is 32.8 Å². The quantitative estimate of drug-likeness (QED) is 0.738. The summed E-state index contributed by atoms with van der Waals surface area (Å²) in [6, 6.07) is 1.47. The van der Waals surface area contributed by atoms with Crippen LogP contribution < -0.4 is 5.32 Å². The highest BCUT2D eigenvalue weighted by atomic mass is 16.5. The molecule has 0 aromatic rings. The van der Waals surface area contributed by atoms with Crippen molar-refractivity contribution in [2.45, 2.75) is 38.8 Å². The van der Waals surface area contributed by atoms with Crippen LogP contribution in [0.2, 0.25) is 0 Å². The summed E-state index contributed by atoms with van der Waals surface area (Å²) in [6.45, 7) is 10.2. The molecule has 3 heteroatoms. The fourth-order valence-electron chi connectivity index (χ4n) is 2.69. The van der Waals surface area contributed by atoms with Crippen molar-refractivity contribution < 1.29 is 4.74 Å². The highest BCUT2D eigenvalue weighted by Gasteiger charge is 2.33.